The maximum Gasteiger partial charge on any atom is 0.276 e. The van der Waals surface area contributed by atoms with E-state index in [0.29, 0.717) is 28.7 Å². The Morgan fingerprint density at radius 2 is 1.72 bits per heavy atom. The highest BCUT2D eigenvalue weighted by Gasteiger charge is 2.12. The minimum absolute atomic E-state index is 0.0701. The molecule has 0 spiro atoms. The number of hydrazone groups is 1. The summed E-state index contributed by atoms with van der Waals surface area (Å²) in [5, 5.41) is 4.29. The molecule has 0 bridgehead atoms. The Kier molecular flexibility index (Phi) is 6.74. The van der Waals surface area contributed by atoms with E-state index < -0.39 is 10.0 Å². The van der Waals surface area contributed by atoms with Crippen LogP contribution in [0.15, 0.2) is 82.8 Å². The summed E-state index contributed by atoms with van der Waals surface area (Å²) in [4.78, 5) is 2.25. The fraction of sp³-hybridized carbons (Fsp3) is 0.0952. The van der Waals surface area contributed by atoms with E-state index >= 15 is 0 Å². The lowest BCUT2D eigenvalue weighted by molar-refractivity contribution is 0.284. The molecule has 0 aliphatic heterocycles. The highest BCUT2D eigenvalue weighted by Crippen LogP contribution is 2.28. The number of benzene rings is 3. The topological polar surface area (TPSA) is 77.0 Å². The van der Waals surface area contributed by atoms with Crippen molar-refractivity contribution >= 4 is 27.8 Å². The number of hydrogen-bond acceptors (Lipinski definition) is 5. The maximum atomic E-state index is 12.2. The second-order valence-electron chi connectivity index (χ2n) is 5.99. The maximum absolute atomic E-state index is 12.2. The highest BCUT2D eigenvalue weighted by molar-refractivity contribution is 7.89. The van der Waals surface area contributed by atoms with Gasteiger partial charge in [-0.2, -0.15) is 13.5 Å². The Balaban J connectivity index is 1.71. The Morgan fingerprint density at radius 3 is 2.41 bits per heavy atom. The van der Waals surface area contributed by atoms with Gasteiger partial charge in [0, 0.05) is 5.02 Å². The fourth-order valence-electron chi connectivity index (χ4n) is 2.46. The lowest BCUT2D eigenvalue weighted by Gasteiger charge is -2.11. The van der Waals surface area contributed by atoms with Crippen LogP contribution in [-0.4, -0.2) is 21.7 Å². The normalized spacial score (nSPS) is 11.4. The van der Waals surface area contributed by atoms with Gasteiger partial charge in [-0.05, 0) is 53.6 Å². The summed E-state index contributed by atoms with van der Waals surface area (Å²) in [6.07, 6.45) is 1.39. The zero-order valence-corrected chi connectivity index (χ0v) is 17.2. The van der Waals surface area contributed by atoms with Crippen molar-refractivity contribution in [2.24, 2.45) is 5.10 Å². The van der Waals surface area contributed by atoms with E-state index in [9.17, 15) is 8.42 Å². The van der Waals surface area contributed by atoms with E-state index in [2.05, 4.69) is 9.93 Å². The van der Waals surface area contributed by atoms with Crippen molar-refractivity contribution in [2.75, 3.05) is 7.11 Å². The standard InChI is InChI=1S/C21H19ClN2O4S/c1-27-20-12-7-17(13-21(20)28-15-16-5-3-2-4-6-16)14-23-24-29(25,26)19-10-8-18(22)9-11-19/h2-14,24H,15H2,1H3. The summed E-state index contributed by atoms with van der Waals surface area (Å²) in [5.41, 5.74) is 1.66. The van der Waals surface area contributed by atoms with Gasteiger partial charge < -0.3 is 9.47 Å². The van der Waals surface area contributed by atoms with Gasteiger partial charge in [-0.1, -0.05) is 41.9 Å². The lowest BCUT2D eigenvalue weighted by atomic mass is 10.2. The molecule has 150 valence electrons. The van der Waals surface area contributed by atoms with Crippen LogP contribution in [0.5, 0.6) is 11.5 Å². The molecule has 0 aliphatic rings. The molecule has 29 heavy (non-hydrogen) atoms. The van der Waals surface area contributed by atoms with Gasteiger partial charge in [0.05, 0.1) is 18.2 Å². The zero-order chi connectivity index (χ0) is 20.7. The molecule has 0 amide bonds. The van der Waals surface area contributed by atoms with Crippen LogP contribution < -0.4 is 14.3 Å². The van der Waals surface area contributed by atoms with Gasteiger partial charge in [0.2, 0.25) is 0 Å². The van der Waals surface area contributed by atoms with Gasteiger partial charge in [0.15, 0.2) is 11.5 Å². The Labute approximate surface area is 174 Å². The first-order valence-electron chi connectivity index (χ1n) is 8.63. The van der Waals surface area contributed by atoms with E-state index in [1.165, 1.54) is 30.5 Å². The molecular weight excluding hydrogens is 412 g/mol. The molecule has 0 atom stereocenters. The van der Waals surface area contributed by atoms with Crippen LogP contribution in [0, 0.1) is 0 Å². The van der Waals surface area contributed by atoms with E-state index in [1.54, 1.807) is 25.3 Å². The van der Waals surface area contributed by atoms with Crippen molar-refractivity contribution in [2.45, 2.75) is 11.5 Å². The van der Waals surface area contributed by atoms with Crippen LogP contribution in [0.4, 0.5) is 0 Å². The molecule has 3 aromatic carbocycles. The van der Waals surface area contributed by atoms with Gasteiger partial charge in [0.1, 0.15) is 6.61 Å². The van der Waals surface area contributed by atoms with Crippen molar-refractivity contribution in [3.05, 3.63) is 88.9 Å². The third-order valence-corrected chi connectivity index (χ3v) is 5.43. The van der Waals surface area contributed by atoms with Crippen LogP contribution in [0.2, 0.25) is 5.02 Å². The third kappa shape index (κ3) is 5.73. The number of nitrogens with zero attached hydrogens (tertiary/aromatic N) is 1. The highest BCUT2D eigenvalue weighted by atomic mass is 35.5. The van der Waals surface area contributed by atoms with Crippen molar-refractivity contribution in [3.8, 4) is 11.5 Å². The first-order chi connectivity index (χ1) is 14.0. The summed E-state index contributed by atoms with van der Waals surface area (Å²) in [6.45, 7) is 0.376. The number of methoxy groups -OCH3 is 1. The molecular formula is C21H19ClN2O4S. The summed E-state index contributed by atoms with van der Waals surface area (Å²) in [7, 11) is -2.22. The predicted molar refractivity (Wildman–Crippen MR) is 113 cm³/mol. The number of rotatable bonds is 8. The van der Waals surface area contributed by atoms with Crippen LogP contribution in [0.25, 0.3) is 0 Å². The van der Waals surface area contributed by atoms with Crippen LogP contribution in [0.1, 0.15) is 11.1 Å². The molecule has 0 saturated heterocycles. The monoisotopic (exact) mass is 430 g/mol. The number of nitrogens with one attached hydrogen (secondary N) is 1. The summed E-state index contributed by atoms with van der Waals surface area (Å²) < 4.78 is 35.7. The molecule has 0 aliphatic carbocycles. The van der Waals surface area contributed by atoms with Crippen LogP contribution in [-0.2, 0) is 16.6 Å². The lowest BCUT2D eigenvalue weighted by Crippen LogP contribution is -2.18. The smallest absolute Gasteiger partial charge is 0.276 e. The number of sulfonamides is 1. The molecule has 3 aromatic rings. The first-order valence-corrected chi connectivity index (χ1v) is 10.5. The Bertz CT molecular complexity index is 1090. The quantitative estimate of drug-likeness (QED) is 0.428. The predicted octanol–water partition coefficient (Wildman–Crippen LogP) is 4.24. The van der Waals surface area contributed by atoms with Crippen LogP contribution >= 0.6 is 11.6 Å². The van der Waals surface area contributed by atoms with Gasteiger partial charge in [0.25, 0.3) is 10.0 Å². The third-order valence-electron chi connectivity index (χ3n) is 3.94. The van der Waals surface area contributed by atoms with Crippen molar-refractivity contribution in [3.63, 3.8) is 0 Å². The Morgan fingerprint density at radius 1 is 1.00 bits per heavy atom. The SMILES string of the molecule is COc1ccc(C=NNS(=O)(=O)c2ccc(Cl)cc2)cc1OCc1ccccc1. The minimum atomic E-state index is -3.78. The average Bonchev–Trinajstić information content (AvgIpc) is 2.73. The average molecular weight is 431 g/mol. The van der Waals surface area contributed by atoms with Crippen LogP contribution in [0.3, 0.4) is 0 Å². The molecule has 8 heteroatoms. The zero-order valence-electron chi connectivity index (χ0n) is 15.6. The molecule has 0 heterocycles. The van der Waals surface area contributed by atoms with Crippen molar-refractivity contribution < 1.29 is 17.9 Å². The van der Waals surface area contributed by atoms with E-state index in [1.807, 2.05) is 30.3 Å². The Hall–Kier alpha value is -3.03. The molecule has 0 unspecified atom stereocenters. The number of ether oxygens (including phenoxy) is 2. The van der Waals surface area contributed by atoms with Crippen molar-refractivity contribution in [1.29, 1.82) is 0 Å². The molecule has 0 radical (unpaired) electrons. The summed E-state index contributed by atoms with van der Waals surface area (Å²) in [5.74, 6) is 1.10. The fourth-order valence-corrected chi connectivity index (χ4v) is 3.38. The minimum Gasteiger partial charge on any atom is -0.493 e. The number of halogens is 1. The van der Waals surface area contributed by atoms with Gasteiger partial charge >= 0.3 is 0 Å². The second kappa shape index (κ2) is 9.45. The molecule has 0 fully saturated rings. The molecule has 1 N–H and O–H groups in total. The van der Waals surface area contributed by atoms with E-state index in [0.717, 1.165) is 5.56 Å². The number of hydrogen-bond donors (Lipinski definition) is 1. The molecule has 0 saturated carbocycles. The second-order valence-corrected chi connectivity index (χ2v) is 8.09. The summed E-state index contributed by atoms with van der Waals surface area (Å²) in [6, 6.07) is 20.7. The van der Waals surface area contributed by atoms with Gasteiger partial charge in [-0.3, -0.25) is 0 Å². The largest absolute Gasteiger partial charge is 0.493 e. The van der Waals surface area contributed by atoms with Gasteiger partial charge in [-0.25, -0.2) is 4.83 Å². The van der Waals surface area contributed by atoms with E-state index in [-0.39, 0.29) is 4.90 Å². The van der Waals surface area contributed by atoms with E-state index in [4.69, 9.17) is 21.1 Å². The van der Waals surface area contributed by atoms with Gasteiger partial charge in [-0.15, -0.1) is 0 Å². The molecule has 6 nitrogen and oxygen atoms in total. The summed E-state index contributed by atoms with van der Waals surface area (Å²) >= 11 is 5.78. The first kappa shape index (κ1) is 20.7. The van der Waals surface area contributed by atoms with Crippen molar-refractivity contribution in [1.82, 2.24) is 4.83 Å². The molecule has 0 aromatic heterocycles. The molecule has 3 rings (SSSR count).